The standard InChI is InChI=1S/C22H34N6S/c1-26(2)10-6-9-23-21(29)25-24-20-19-14-27-11-12-28(15-19)17-22(20,16-27)13-18-7-4-3-5-8-18/h3-5,7-8,19H,6,9-17H2,1-2H3,(H2,23,25,29). The fourth-order valence-corrected chi connectivity index (χ4v) is 5.40. The van der Waals surface area contributed by atoms with Crippen molar-refractivity contribution >= 4 is 23.0 Å². The molecule has 1 aromatic rings. The molecule has 2 atom stereocenters. The average Bonchev–Trinajstić information content (AvgIpc) is 2.93. The molecule has 4 bridgehead atoms. The van der Waals surface area contributed by atoms with Crippen molar-refractivity contribution in [1.82, 2.24) is 25.4 Å². The molecular weight excluding hydrogens is 380 g/mol. The van der Waals surface area contributed by atoms with Crippen molar-refractivity contribution in [3.8, 4) is 0 Å². The van der Waals surface area contributed by atoms with Crippen molar-refractivity contribution in [2.24, 2.45) is 16.4 Å². The number of nitrogens with one attached hydrogen (secondary N) is 2. The first-order chi connectivity index (χ1) is 14.0. The highest BCUT2D eigenvalue weighted by Gasteiger charge is 2.52. The zero-order valence-corrected chi connectivity index (χ0v) is 18.5. The van der Waals surface area contributed by atoms with Gasteiger partial charge in [-0.25, -0.2) is 0 Å². The van der Waals surface area contributed by atoms with Crippen LogP contribution in [0.15, 0.2) is 35.4 Å². The van der Waals surface area contributed by atoms with Crippen molar-refractivity contribution in [1.29, 1.82) is 0 Å². The van der Waals surface area contributed by atoms with Crippen LogP contribution in [0.4, 0.5) is 0 Å². The van der Waals surface area contributed by atoms with Crippen LogP contribution >= 0.6 is 12.2 Å². The highest BCUT2D eigenvalue weighted by Crippen LogP contribution is 2.40. The lowest BCUT2D eigenvalue weighted by Gasteiger charge is -2.50. The van der Waals surface area contributed by atoms with Gasteiger partial charge in [0.1, 0.15) is 0 Å². The predicted octanol–water partition coefficient (Wildman–Crippen LogP) is 1.25. The number of hydrogen-bond acceptors (Lipinski definition) is 5. The van der Waals surface area contributed by atoms with Gasteiger partial charge in [-0.3, -0.25) is 5.43 Å². The molecule has 158 valence electrons. The van der Waals surface area contributed by atoms with E-state index in [1.54, 1.807) is 0 Å². The van der Waals surface area contributed by atoms with E-state index in [-0.39, 0.29) is 5.41 Å². The van der Waals surface area contributed by atoms with Crippen LogP contribution in [0, 0.1) is 11.3 Å². The lowest BCUT2D eigenvalue weighted by Crippen LogP contribution is -2.62. The highest BCUT2D eigenvalue weighted by molar-refractivity contribution is 7.80. The fraction of sp³-hybridized carbons (Fsp3) is 0.636. The molecule has 4 heterocycles. The molecule has 4 aliphatic rings. The van der Waals surface area contributed by atoms with Crippen molar-refractivity contribution in [2.75, 3.05) is 66.5 Å². The van der Waals surface area contributed by atoms with Crippen LogP contribution in [0.25, 0.3) is 0 Å². The normalized spacial score (nSPS) is 31.8. The Morgan fingerprint density at radius 2 is 1.86 bits per heavy atom. The van der Waals surface area contributed by atoms with Crippen molar-refractivity contribution in [3.05, 3.63) is 35.9 Å². The van der Waals surface area contributed by atoms with E-state index >= 15 is 0 Å². The van der Waals surface area contributed by atoms with E-state index in [9.17, 15) is 0 Å². The van der Waals surface area contributed by atoms with Crippen molar-refractivity contribution in [3.63, 3.8) is 0 Å². The lowest BCUT2D eigenvalue weighted by atomic mass is 9.67. The second kappa shape index (κ2) is 9.08. The zero-order chi connectivity index (χ0) is 20.3. The second-order valence-electron chi connectivity index (χ2n) is 9.13. The summed E-state index contributed by atoms with van der Waals surface area (Å²) >= 11 is 5.49. The Morgan fingerprint density at radius 3 is 2.52 bits per heavy atom. The van der Waals surface area contributed by atoms with Gasteiger partial charge in [-0.05, 0) is 51.3 Å². The third-order valence-electron chi connectivity index (χ3n) is 6.40. The van der Waals surface area contributed by atoms with Crippen LogP contribution < -0.4 is 10.7 Å². The molecule has 4 saturated heterocycles. The molecule has 7 heteroatoms. The summed E-state index contributed by atoms with van der Waals surface area (Å²) in [5.74, 6) is 0.493. The average molecular weight is 415 g/mol. The molecule has 4 fully saturated rings. The first kappa shape index (κ1) is 20.7. The minimum absolute atomic E-state index is 0.0759. The zero-order valence-electron chi connectivity index (χ0n) is 17.7. The van der Waals surface area contributed by atoms with Gasteiger partial charge < -0.3 is 20.0 Å². The van der Waals surface area contributed by atoms with Gasteiger partial charge in [-0.15, -0.1) is 0 Å². The fourth-order valence-electron chi connectivity index (χ4n) is 5.25. The molecule has 0 amide bonds. The summed E-state index contributed by atoms with van der Waals surface area (Å²) in [5, 5.41) is 8.88. The number of nitrogens with zero attached hydrogens (tertiary/aromatic N) is 4. The van der Waals surface area contributed by atoms with E-state index in [0.29, 0.717) is 11.0 Å². The minimum atomic E-state index is 0.0759. The van der Waals surface area contributed by atoms with E-state index < -0.39 is 0 Å². The molecular formula is C22H34N6S. The highest BCUT2D eigenvalue weighted by atomic mass is 32.1. The van der Waals surface area contributed by atoms with Gasteiger partial charge in [0.05, 0.1) is 5.71 Å². The molecule has 5 rings (SSSR count). The Kier molecular flexibility index (Phi) is 6.49. The molecule has 1 aromatic carbocycles. The smallest absolute Gasteiger partial charge is 0.186 e. The third kappa shape index (κ3) is 4.97. The summed E-state index contributed by atoms with van der Waals surface area (Å²) in [6.45, 7) is 8.72. The third-order valence-corrected chi connectivity index (χ3v) is 6.64. The van der Waals surface area contributed by atoms with E-state index in [2.05, 4.69) is 69.9 Å². The van der Waals surface area contributed by atoms with E-state index in [4.69, 9.17) is 17.3 Å². The first-order valence-electron chi connectivity index (χ1n) is 10.8. The number of hydrogen-bond donors (Lipinski definition) is 2. The van der Waals surface area contributed by atoms with Gasteiger partial charge >= 0.3 is 0 Å². The molecule has 2 unspecified atom stereocenters. The SMILES string of the molecule is CN(C)CCCNC(=S)NN=C1C2CN3CCN(C2)CC1(Cc1ccccc1)C3. The van der Waals surface area contributed by atoms with Crippen LogP contribution in [0.1, 0.15) is 12.0 Å². The number of rotatable bonds is 7. The largest absolute Gasteiger partial charge is 0.361 e. The van der Waals surface area contributed by atoms with Crippen LogP contribution in [0.2, 0.25) is 0 Å². The molecule has 4 aliphatic heterocycles. The van der Waals surface area contributed by atoms with E-state index in [1.165, 1.54) is 24.4 Å². The van der Waals surface area contributed by atoms with Crippen molar-refractivity contribution < 1.29 is 0 Å². The molecule has 29 heavy (non-hydrogen) atoms. The number of thiocarbonyl (C=S) groups is 1. The summed E-state index contributed by atoms with van der Waals surface area (Å²) in [7, 11) is 4.19. The Labute approximate surface area is 180 Å². The molecule has 6 nitrogen and oxygen atoms in total. The topological polar surface area (TPSA) is 46.1 Å². The maximum absolute atomic E-state index is 5.49. The number of piperidine rings is 2. The Bertz CT molecular complexity index is 718. The summed E-state index contributed by atoms with van der Waals surface area (Å²) in [6, 6.07) is 10.9. The van der Waals surface area contributed by atoms with Gasteiger partial charge in [-0.2, -0.15) is 5.10 Å². The summed E-state index contributed by atoms with van der Waals surface area (Å²) in [4.78, 5) is 7.49. The maximum atomic E-state index is 5.49. The summed E-state index contributed by atoms with van der Waals surface area (Å²) in [6.07, 6.45) is 2.11. The Balaban J connectivity index is 1.48. The summed E-state index contributed by atoms with van der Waals surface area (Å²) in [5.41, 5.74) is 5.99. The van der Waals surface area contributed by atoms with Crippen LogP contribution in [-0.2, 0) is 6.42 Å². The minimum Gasteiger partial charge on any atom is -0.361 e. The molecule has 0 saturated carbocycles. The second-order valence-corrected chi connectivity index (χ2v) is 9.54. The van der Waals surface area contributed by atoms with Crippen molar-refractivity contribution in [2.45, 2.75) is 12.8 Å². The number of hydrazone groups is 1. The molecule has 0 aliphatic carbocycles. The lowest BCUT2D eigenvalue weighted by molar-refractivity contribution is 0.117. The number of fused-ring (bicyclic) bond motifs is 1. The first-order valence-corrected chi connectivity index (χ1v) is 11.2. The molecule has 2 N–H and O–H groups in total. The molecule has 0 aromatic heterocycles. The van der Waals surface area contributed by atoms with Gasteiger partial charge in [0, 0.05) is 57.1 Å². The van der Waals surface area contributed by atoms with Crippen LogP contribution in [-0.4, -0.2) is 92.0 Å². The quantitative estimate of drug-likeness (QED) is 0.398. The monoisotopic (exact) mass is 414 g/mol. The van der Waals surface area contributed by atoms with Gasteiger partial charge in [-0.1, -0.05) is 30.3 Å². The van der Waals surface area contributed by atoms with Crippen LogP contribution in [0.5, 0.6) is 0 Å². The van der Waals surface area contributed by atoms with Crippen LogP contribution in [0.3, 0.4) is 0 Å². The van der Waals surface area contributed by atoms with Gasteiger partial charge in [0.15, 0.2) is 5.11 Å². The van der Waals surface area contributed by atoms with E-state index in [1.807, 2.05) is 0 Å². The molecule has 0 spiro atoms. The van der Waals surface area contributed by atoms with Gasteiger partial charge in [0.25, 0.3) is 0 Å². The Morgan fingerprint density at radius 1 is 1.17 bits per heavy atom. The van der Waals surface area contributed by atoms with Gasteiger partial charge in [0.2, 0.25) is 0 Å². The summed E-state index contributed by atoms with van der Waals surface area (Å²) < 4.78 is 0. The van der Waals surface area contributed by atoms with E-state index in [0.717, 1.165) is 52.1 Å². The maximum Gasteiger partial charge on any atom is 0.186 e. The Hall–Kier alpha value is -1.54. The molecule has 0 radical (unpaired) electrons. The number of benzene rings is 1. The predicted molar refractivity (Wildman–Crippen MR) is 123 cm³/mol.